The number of hydrogen-bond acceptors (Lipinski definition) is 10. The molecule has 1 saturated heterocycles. The maximum Gasteiger partial charge on any atom is 0.258 e. The van der Waals surface area contributed by atoms with Crippen LogP contribution in [0.5, 0.6) is 23.0 Å². The Morgan fingerprint density at radius 2 is 1.98 bits per heavy atom. The number of benzene rings is 2. The van der Waals surface area contributed by atoms with Gasteiger partial charge in [-0.2, -0.15) is 0 Å². The van der Waals surface area contributed by atoms with Gasteiger partial charge in [-0.25, -0.2) is 4.68 Å². The number of ether oxygens (including phenoxy) is 4. The topological polar surface area (TPSA) is 159 Å². The molecule has 6 rings (SSSR count). The van der Waals surface area contributed by atoms with Gasteiger partial charge >= 0.3 is 0 Å². The number of carbonyl (C=O) groups is 3. The molecule has 2 atom stereocenters. The summed E-state index contributed by atoms with van der Waals surface area (Å²) in [5, 5.41) is 16.8. The van der Waals surface area contributed by atoms with Gasteiger partial charge in [0.1, 0.15) is 35.4 Å². The lowest BCUT2D eigenvalue weighted by Gasteiger charge is -2.22. The first-order chi connectivity index (χ1) is 19.4. The number of aryl methyl sites for hydroxylation is 1. The second-order valence-electron chi connectivity index (χ2n) is 9.29. The van der Waals surface area contributed by atoms with Crippen molar-refractivity contribution in [2.45, 2.75) is 31.7 Å². The van der Waals surface area contributed by atoms with Crippen molar-refractivity contribution in [1.82, 2.24) is 35.7 Å². The minimum Gasteiger partial charge on any atom is -0.497 e. The van der Waals surface area contributed by atoms with Crippen LogP contribution in [0.15, 0.2) is 42.7 Å². The number of amides is 3. The number of fused-ring (bicyclic) bond motifs is 7. The zero-order valence-electron chi connectivity index (χ0n) is 22.0. The maximum absolute atomic E-state index is 13.4. The highest BCUT2D eigenvalue weighted by molar-refractivity contribution is 5.95. The lowest BCUT2D eigenvalue weighted by Crippen LogP contribution is -2.45. The lowest BCUT2D eigenvalue weighted by molar-refractivity contribution is -0.130. The molecular weight excluding hydrogens is 522 g/mol. The molecule has 0 aliphatic carbocycles. The minimum atomic E-state index is -0.548. The number of aromatic nitrogens is 4. The third-order valence-corrected chi connectivity index (χ3v) is 6.65. The Kier molecular flexibility index (Phi) is 7.94. The molecule has 2 aromatic carbocycles. The first kappa shape index (κ1) is 26.7. The van der Waals surface area contributed by atoms with Gasteiger partial charge in [0.25, 0.3) is 11.8 Å². The average Bonchev–Trinajstić information content (AvgIpc) is 3.63. The summed E-state index contributed by atoms with van der Waals surface area (Å²) in [5.74, 6) is 0.824. The first-order valence-electron chi connectivity index (χ1n) is 12.6. The van der Waals surface area contributed by atoms with E-state index in [4.69, 9.17) is 18.9 Å². The van der Waals surface area contributed by atoms with E-state index in [2.05, 4.69) is 26.2 Å². The van der Waals surface area contributed by atoms with E-state index < -0.39 is 18.1 Å². The highest BCUT2D eigenvalue weighted by Gasteiger charge is 2.38. The largest absolute Gasteiger partial charge is 0.497 e. The summed E-state index contributed by atoms with van der Waals surface area (Å²) in [7, 11) is 3.00. The number of methoxy groups -OCH3 is 2. The average molecular weight is 552 g/mol. The summed E-state index contributed by atoms with van der Waals surface area (Å²) in [5.41, 5.74) is 1.01. The molecule has 3 aliphatic heterocycles. The van der Waals surface area contributed by atoms with Crippen molar-refractivity contribution in [2.75, 3.05) is 33.9 Å². The Hall–Kier alpha value is -4.88. The molecule has 3 aromatic rings. The van der Waals surface area contributed by atoms with Crippen molar-refractivity contribution in [1.29, 1.82) is 0 Å². The molecule has 0 saturated carbocycles. The van der Waals surface area contributed by atoms with Crippen LogP contribution in [-0.2, 0) is 22.7 Å². The van der Waals surface area contributed by atoms with Crippen molar-refractivity contribution in [2.24, 2.45) is 0 Å². The number of nitrogens with one attached hydrogen (secondary N) is 2. The number of nitrogens with zero attached hydrogens (tertiary/aromatic N) is 5. The van der Waals surface area contributed by atoms with Gasteiger partial charge < -0.3 is 34.5 Å². The second-order valence-corrected chi connectivity index (χ2v) is 9.29. The van der Waals surface area contributed by atoms with Crippen LogP contribution < -0.4 is 29.6 Å². The molecule has 14 heteroatoms. The zero-order chi connectivity index (χ0) is 28.1. The van der Waals surface area contributed by atoms with Gasteiger partial charge in [0.15, 0.2) is 6.61 Å². The Labute approximate surface area is 229 Å². The molecule has 1 fully saturated rings. The monoisotopic (exact) mass is 551 g/mol. The normalized spacial score (nSPS) is 19.0. The quantitative estimate of drug-likeness (QED) is 0.448. The Morgan fingerprint density at radius 3 is 2.75 bits per heavy atom. The number of carbonyl (C=O) groups excluding carboxylic acids is 3. The third kappa shape index (κ3) is 6.22. The van der Waals surface area contributed by atoms with Crippen LogP contribution in [-0.4, -0.2) is 88.9 Å². The second kappa shape index (κ2) is 11.9. The van der Waals surface area contributed by atoms with Crippen LogP contribution in [0.2, 0.25) is 0 Å². The van der Waals surface area contributed by atoms with Crippen molar-refractivity contribution in [3.05, 3.63) is 53.9 Å². The van der Waals surface area contributed by atoms with E-state index in [9.17, 15) is 14.4 Å². The Morgan fingerprint density at radius 1 is 1.10 bits per heavy atom. The van der Waals surface area contributed by atoms with Gasteiger partial charge in [0, 0.05) is 42.8 Å². The van der Waals surface area contributed by atoms with Crippen LogP contribution in [0.3, 0.4) is 0 Å². The summed E-state index contributed by atoms with van der Waals surface area (Å²) in [4.78, 5) is 40.5. The van der Waals surface area contributed by atoms with Gasteiger partial charge in [-0.05, 0) is 34.7 Å². The Balaban J connectivity index is 1.42. The number of rotatable bonds is 5. The van der Waals surface area contributed by atoms with Gasteiger partial charge in [-0.15, -0.1) is 5.10 Å². The van der Waals surface area contributed by atoms with Crippen LogP contribution >= 0.6 is 0 Å². The van der Waals surface area contributed by atoms with E-state index in [0.29, 0.717) is 29.5 Å². The van der Waals surface area contributed by atoms with E-state index >= 15 is 0 Å². The Bertz CT molecular complexity index is 1380. The molecule has 0 spiro atoms. The summed E-state index contributed by atoms with van der Waals surface area (Å²) in [6, 6.07) is 9.43. The van der Waals surface area contributed by atoms with Gasteiger partial charge in [-0.3, -0.25) is 14.4 Å². The molecule has 14 nitrogen and oxygen atoms in total. The summed E-state index contributed by atoms with van der Waals surface area (Å²) in [6.45, 7) is 0.777. The van der Waals surface area contributed by atoms with E-state index in [-0.39, 0.29) is 50.0 Å². The van der Waals surface area contributed by atoms with E-state index in [0.717, 1.165) is 5.56 Å². The van der Waals surface area contributed by atoms with Gasteiger partial charge in [0.05, 0.1) is 33.4 Å². The molecule has 40 heavy (non-hydrogen) atoms. The van der Waals surface area contributed by atoms with E-state index in [1.54, 1.807) is 35.2 Å². The number of likely N-dealkylation sites (tertiary alicyclic amines) is 1. The SMILES string of the molecule is COc1cc2cc(c1)C(=O)N[C@H]1CN(C(=O)CCn3cnnn3)C[C@@H]1Oc1ccc(c(OC)c1)CNC(=O)CO2. The zero-order valence-corrected chi connectivity index (χ0v) is 22.0. The van der Waals surface area contributed by atoms with Gasteiger partial charge in [-0.1, -0.05) is 0 Å². The smallest absolute Gasteiger partial charge is 0.258 e. The lowest BCUT2D eigenvalue weighted by atomic mass is 10.1. The molecule has 4 bridgehead atoms. The van der Waals surface area contributed by atoms with Crippen LogP contribution in [0.25, 0.3) is 0 Å². The van der Waals surface area contributed by atoms with E-state index in [1.807, 2.05) is 0 Å². The molecule has 1 aromatic heterocycles. The minimum absolute atomic E-state index is 0.122. The predicted molar refractivity (Wildman–Crippen MR) is 138 cm³/mol. The highest BCUT2D eigenvalue weighted by atomic mass is 16.5. The van der Waals surface area contributed by atoms with Crippen molar-refractivity contribution in [3.63, 3.8) is 0 Å². The van der Waals surface area contributed by atoms with Crippen molar-refractivity contribution in [3.8, 4) is 23.0 Å². The standard InChI is InChI=1S/C26H29N7O7/c1-37-19-7-17-8-20(9-19)39-14-24(34)27-11-16-3-4-18(10-22(16)38-2)40-23-13-32(12-21(23)29-26(17)36)25(35)5-6-33-15-28-30-31-33/h3-4,7-10,15,21,23H,5-6,11-14H2,1-2H3,(H,27,34)(H,29,36)/t21-,23-/m0/s1. The molecule has 4 heterocycles. The predicted octanol–water partition coefficient (Wildman–Crippen LogP) is 0.177. The summed E-state index contributed by atoms with van der Waals surface area (Å²) < 4.78 is 24.3. The molecule has 2 N–H and O–H groups in total. The molecule has 0 unspecified atom stereocenters. The number of tetrazole rings is 1. The first-order valence-corrected chi connectivity index (χ1v) is 12.6. The fourth-order valence-electron chi connectivity index (χ4n) is 4.56. The third-order valence-electron chi connectivity index (χ3n) is 6.65. The molecular formula is C26H29N7O7. The van der Waals surface area contributed by atoms with Crippen LogP contribution in [0.4, 0.5) is 0 Å². The maximum atomic E-state index is 13.4. The summed E-state index contributed by atoms with van der Waals surface area (Å²) in [6.07, 6.45) is 1.08. The van der Waals surface area contributed by atoms with Crippen LogP contribution in [0, 0.1) is 0 Å². The van der Waals surface area contributed by atoms with Crippen LogP contribution in [0.1, 0.15) is 22.3 Å². The molecule has 3 amide bonds. The molecule has 0 radical (unpaired) electrons. The fourth-order valence-corrected chi connectivity index (χ4v) is 4.56. The van der Waals surface area contributed by atoms with E-state index in [1.165, 1.54) is 31.3 Å². The fraction of sp³-hybridized carbons (Fsp3) is 0.385. The molecule has 3 aliphatic rings. The highest BCUT2D eigenvalue weighted by Crippen LogP contribution is 2.28. The van der Waals surface area contributed by atoms with Crippen molar-refractivity contribution < 1.29 is 33.3 Å². The number of hydrogen-bond donors (Lipinski definition) is 2. The summed E-state index contributed by atoms with van der Waals surface area (Å²) >= 11 is 0. The van der Waals surface area contributed by atoms with Crippen molar-refractivity contribution >= 4 is 17.7 Å². The molecule has 210 valence electrons. The van der Waals surface area contributed by atoms with Gasteiger partial charge in [0.2, 0.25) is 5.91 Å².